The van der Waals surface area contributed by atoms with E-state index in [1.807, 2.05) is 30.3 Å². The first kappa shape index (κ1) is 18.5. The van der Waals surface area contributed by atoms with Crippen molar-refractivity contribution in [2.45, 2.75) is 20.1 Å². The molecule has 138 valence electrons. The van der Waals surface area contributed by atoms with Crippen LogP contribution in [0.1, 0.15) is 19.4 Å². The average molecular weight is 354 g/mol. The van der Waals surface area contributed by atoms with Gasteiger partial charge in [0.15, 0.2) is 6.29 Å². The Balaban J connectivity index is 1.80. The summed E-state index contributed by atoms with van der Waals surface area (Å²) in [6.45, 7) is 5.96. The van der Waals surface area contributed by atoms with Gasteiger partial charge in [0.25, 0.3) is 0 Å². The van der Waals surface area contributed by atoms with Crippen LogP contribution in [0.3, 0.4) is 0 Å². The van der Waals surface area contributed by atoms with Crippen molar-refractivity contribution in [1.82, 2.24) is 0 Å². The third-order valence-corrected chi connectivity index (χ3v) is 4.36. The number of ether oxygens (including phenoxy) is 4. The lowest BCUT2D eigenvalue weighted by molar-refractivity contribution is -0.131. The molecule has 4 nitrogen and oxygen atoms in total. The molecule has 0 aromatic heterocycles. The third kappa shape index (κ3) is 4.45. The second-order valence-corrected chi connectivity index (χ2v) is 7.01. The van der Waals surface area contributed by atoms with Gasteiger partial charge in [-0.2, -0.15) is 0 Å². The molecule has 0 unspecified atom stereocenters. The first-order valence-electron chi connectivity index (χ1n) is 8.85. The molecule has 0 radical (unpaired) electrons. The van der Waals surface area contributed by atoms with Crippen molar-refractivity contribution in [3.8, 4) is 16.9 Å². The fourth-order valence-electron chi connectivity index (χ4n) is 2.90. The lowest BCUT2D eigenvalue weighted by Gasteiger charge is -2.29. The Morgan fingerprint density at radius 3 is 2.46 bits per heavy atom. The minimum Gasteiger partial charge on any atom is -0.504 e. The fourth-order valence-corrected chi connectivity index (χ4v) is 2.90. The summed E-state index contributed by atoms with van der Waals surface area (Å²) in [4.78, 5) is 0. The van der Waals surface area contributed by atoms with Crippen LogP contribution >= 0.6 is 0 Å². The number of hydrogen-bond donors (Lipinski definition) is 0. The van der Waals surface area contributed by atoms with Crippen LogP contribution in [0.5, 0.6) is 5.75 Å². The fraction of sp³-hybridized carbons (Fsp3) is 0.364. The quantitative estimate of drug-likeness (QED) is 0.673. The summed E-state index contributed by atoms with van der Waals surface area (Å²) in [6, 6.07) is 16.5. The van der Waals surface area contributed by atoms with Crippen LogP contribution in [0.4, 0.5) is 0 Å². The van der Waals surface area contributed by atoms with Gasteiger partial charge in [-0.3, -0.25) is 0 Å². The minimum absolute atomic E-state index is 0.232. The van der Waals surface area contributed by atoms with Crippen LogP contribution in [-0.4, -0.2) is 33.2 Å². The van der Waals surface area contributed by atoms with Gasteiger partial charge in [0.05, 0.1) is 33.2 Å². The van der Waals surface area contributed by atoms with E-state index < -0.39 is 0 Å². The molecular weight excluding hydrogens is 328 g/mol. The highest BCUT2D eigenvalue weighted by Crippen LogP contribution is 2.32. The van der Waals surface area contributed by atoms with E-state index in [1.165, 1.54) is 5.56 Å². The predicted octanol–water partition coefficient (Wildman–Crippen LogP) is 4.75. The summed E-state index contributed by atoms with van der Waals surface area (Å²) in [5.74, 6) is 0.809. The molecule has 0 N–H and O–H groups in total. The third-order valence-electron chi connectivity index (χ3n) is 4.36. The summed E-state index contributed by atoms with van der Waals surface area (Å²) in [5.41, 5.74) is 3.03. The highest BCUT2D eigenvalue weighted by molar-refractivity contribution is 5.70. The number of methoxy groups -OCH3 is 1. The van der Waals surface area contributed by atoms with E-state index in [1.54, 1.807) is 13.4 Å². The van der Waals surface area contributed by atoms with E-state index in [0.29, 0.717) is 19.8 Å². The molecule has 1 fully saturated rings. The van der Waals surface area contributed by atoms with Crippen LogP contribution in [0.15, 0.2) is 54.8 Å². The Bertz CT molecular complexity index is 731. The van der Waals surface area contributed by atoms with E-state index >= 15 is 0 Å². The Kier molecular flexibility index (Phi) is 5.96. The smallest absolute Gasteiger partial charge is 0.166 e. The van der Waals surface area contributed by atoms with E-state index in [0.717, 1.165) is 16.9 Å². The number of hydrogen-bond acceptors (Lipinski definition) is 4. The summed E-state index contributed by atoms with van der Waals surface area (Å²) in [5, 5.41) is 0. The Hall–Kier alpha value is -2.30. The second-order valence-electron chi connectivity index (χ2n) is 7.01. The maximum absolute atomic E-state index is 6.14. The summed E-state index contributed by atoms with van der Waals surface area (Å²) in [6.07, 6.45) is 3.34. The zero-order valence-electron chi connectivity index (χ0n) is 15.6. The molecule has 1 aliphatic heterocycles. The first-order chi connectivity index (χ1) is 12.6. The van der Waals surface area contributed by atoms with Crippen LogP contribution in [0.25, 0.3) is 17.2 Å². The van der Waals surface area contributed by atoms with Crippen LogP contribution in [0.2, 0.25) is 0 Å². The number of rotatable bonds is 7. The Morgan fingerprint density at radius 2 is 1.77 bits per heavy atom. The lowest BCUT2D eigenvalue weighted by atomic mass is 9.94. The van der Waals surface area contributed by atoms with Crippen LogP contribution in [-0.2, 0) is 14.2 Å². The topological polar surface area (TPSA) is 36.9 Å². The van der Waals surface area contributed by atoms with E-state index in [2.05, 4.69) is 38.1 Å². The molecule has 0 atom stereocenters. The van der Waals surface area contributed by atoms with Gasteiger partial charge in [-0.05, 0) is 29.3 Å². The molecule has 3 rings (SSSR count). The maximum Gasteiger partial charge on any atom is 0.166 e. The zero-order valence-corrected chi connectivity index (χ0v) is 15.6. The van der Waals surface area contributed by atoms with Crippen LogP contribution < -0.4 is 4.74 Å². The average Bonchev–Trinajstić information content (AvgIpc) is 3.21. The Morgan fingerprint density at radius 1 is 1.04 bits per heavy atom. The van der Waals surface area contributed by atoms with Gasteiger partial charge < -0.3 is 18.9 Å². The van der Waals surface area contributed by atoms with E-state index in [-0.39, 0.29) is 11.7 Å². The molecule has 1 saturated heterocycles. The molecular formula is C22H26O4. The largest absolute Gasteiger partial charge is 0.504 e. The maximum atomic E-state index is 6.14. The van der Waals surface area contributed by atoms with Gasteiger partial charge in [0.1, 0.15) is 5.75 Å². The molecule has 4 heteroatoms. The van der Waals surface area contributed by atoms with Crippen molar-refractivity contribution >= 4 is 6.08 Å². The zero-order chi connectivity index (χ0) is 18.4. The highest BCUT2D eigenvalue weighted by Gasteiger charge is 2.35. The SMILES string of the molecule is CO/C=C/c1cc(-c2ccccc2)ccc1OCC(C)(C)C1OCCO1. The van der Waals surface area contributed by atoms with Gasteiger partial charge in [0.2, 0.25) is 0 Å². The van der Waals surface area contributed by atoms with Gasteiger partial charge in [-0.25, -0.2) is 0 Å². The van der Waals surface area contributed by atoms with E-state index in [4.69, 9.17) is 18.9 Å². The highest BCUT2D eigenvalue weighted by atomic mass is 16.7. The molecule has 2 aromatic rings. The lowest BCUT2D eigenvalue weighted by Crippen LogP contribution is -2.35. The minimum atomic E-state index is -0.239. The van der Waals surface area contributed by atoms with Crippen molar-refractivity contribution in [3.63, 3.8) is 0 Å². The Labute approximate surface area is 155 Å². The van der Waals surface area contributed by atoms with Crippen molar-refractivity contribution in [1.29, 1.82) is 0 Å². The monoisotopic (exact) mass is 354 g/mol. The van der Waals surface area contributed by atoms with Gasteiger partial charge >= 0.3 is 0 Å². The molecule has 0 aliphatic carbocycles. The summed E-state index contributed by atoms with van der Waals surface area (Å²) >= 11 is 0. The summed E-state index contributed by atoms with van der Waals surface area (Å²) in [7, 11) is 1.63. The molecule has 0 saturated carbocycles. The van der Waals surface area contributed by atoms with Gasteiger partial charge in [-0.15, -0.1) is 0 Å². The van der Waals surface area contributed by atoms with Crippen LogP contribution in [0, 0.1) is 5.41 Å². The number of benzene rings is 2. The predicted molar refractivity (Wildman–Crippen MR) is 103 cm³/mol. The standard InChI is InChI=1S/C22H26O4/c1-22(2,21-24-13-14-25-21)16-26-20-10-9-18(15-19(20)11-12-23-3)17-7-5-4-6-8-17/h4-12,15,21H,13-14,16H2,1-3H3/b12-11+. The summed E-state index contributed by atoms with van der Waals surface area (Å²) < 4.78 is 22.5. The van der Waals surface area contributed by atoms with Gasteiger partial charge in [0, 0.05) is 11.0 Å². The second kappa shape index (κ2) is 8.39. The van der Waals surface area contributed by atoms with E-state index in [9.17, 15) is 0 Å². The molecule has 0 amide bonds. The molecule has 26 heavy (non-hydrogen) atoms. The molecule has 2 aromatic carbocycles. The van der Waals surface area contributed by atoms with Crippen molar-refractivity contribution in [2.24, 2.45) is 5.41 Å². The molecule has 1 heterocycles. The normalized spacial score (nSPS) is 15.5. The van der Waals surface area contributed by atoms with Crippen molar-refractivity contribution in [2.75, 3.05) is 26.9 Å². The molecule has 0 spiro atoms. The van der Waals surface area contributed by atoms with Crippen molar-refractivity contribution in [3.05, 3.63) is 60.4 Å². The first-order valence-corrected chi connectivity index (χ1v) is 8.85. The molecule has 1 aliphatic rings. The van der Waals surface area contributed by atoms with Crippen molar-refractivity contribution < 1.29 is 18.9 Å². The molecule has 0 bridgehead atoms. The van der Waals surface area contributed by atoms with Gasteiger partial charge in [-0.1, -0.05) is 50.2 Å².